The highest BCUT2D eigenvalue weighted by molar-refractivity contribution is 5.38. The SMILES string of the molecule is Cc1n[nH]c(C)c1[N+](=O)[O-].c1cn[nH]c1. The Morgan fingerprint density at radius 2 is 2.20 bits per heavy atom. The van der Waals surface area contributed by atoms with Crippen LogP contribution in [0.15, 0.2) is 18.5 Å². The summed E-state index contributed by atoms with van der Waals surface area (Å²) in [5.74, 6) is 0. The van der Waals surface area contributed by atoms with Crippen LogP contribution in [0.4, 0.5) is 5.69 Å². The summed E-state index contributed by atoms with van der Waals surface area (Å²) >= 11 is 0. The third kappa shape index (κ3) is 2.90. The molecule has 0 radical (unpaired) electrons. The third-order valence-corrected chi connectivity index (χ3v) is 1.68. The lowest BCUT2D eigenvalue weighted by Gasteiger charge is -1.85. The van der Waals surface area contributed by atoms with Gasteiger partial charge >= 0.3 is 5.69 Å². The van der Waals surface area contributed by atoms with E-state index in [2.05, 4.69) is 20.4 Å². The Morgan fingerprint density at radius 1 is 1.47 bits per heavy atom. The first-order valence-electron chi connectivity index (χ1n) is 4.22. The van der Waals surface area contributed by atoms with E-state index in [9.17, 15) is 10.1 Å². The highest BCUT2D eigenvalue weighted by atomic mass is 16.6. The lowest BCUT2D eigenvalue weighted by Crippen LogP contribution is -1.89. The predicted octanol–water partition coefficient (Wildman–Crippen LogP) is 1.34. The van der Waals surface area contributed by atoms with Gasteiger partial charge in [0, 0.05) is 12.4 Å². The van der Waals surface area contributed by atoms with Gasteiger partial charge in [-0.15, -0.1) is 0 Å². The molecule has 0 amide bonds. The molecule has 2 rings (SSSR count). The van der Waals surface area contributed by atoms with Crippen molar-refractivity contribution in [2.45, 2.75) is 13.8 Å². The second-order valence-corrected chi connectivity index (χ2v) is 2.81. The van der Waals surface area contributed by atoms with Gasteiger partial charge in [0.1, 0.15) is 11.4 Å². The van der Waals surface area contributed by atoms with E-state index in [1.165, 1.54) is 0 Å². The number of H-pyrrole nitrogens is 2. The summed E-state index contributed by atoms with van der Waals surface area (Å²) in [7, 11) is 0. The van der Waals surface area contributed by atoms with Crippen LogP contribution in [0.25, 0.3) is 0 Å². The van der Waals surface area contributed by atoms with Gasteiger partial charge < -0.3 is 0 Å². The summed E-state index contributed by atoms with van der Waals surface area (Å²) in [4.78, 5) is 9.81. The van der Waals surface area contributed by atoms with Crippen molar-refractivity contribution in [3.05, 3.63) is 40.0 Å². The van der Waals surface area contributed by atoms with Gasteiger partial charge in [0.25, 0.3) is 0 Å². The molecule has 0 aliphatic carbocycles. The molecule has 7 heteroatoms. The van der Waals surface area contributed by atoms with Crippen molar-refractivity contribution < 1.29 is 4.92 Å². The Labute approximate surface area is 85.7 Å². The molecule has 0 bridgehead atoms. The number of aryl methyl sites for hydroxylation is 2. The number of nitro groups is 1. The summed E-state index contributed by atoms with van der Waals surface area (Å²) in [6, 6.07) is 1.83. The van der Waals surface area contributed by atoms with Gasteiger partial charge in [-0.3, -0.25) is 20.3 Å². The zero-order chi connectivity index (χ0) is 11.3. The topological polar surface area (TPSA) is 100 Å². The minimum Gasteiger partial charge on any atom is -0.286 e. The lowest BCUT2D eigenvalue weighted by molar-refractivity contribution is -0.386. The summed E-state index contributed by atoms with van der Waals surface area (Å²) in [6.45, 7) is 3.22. The first kappa shape index (κ1) is 10.9. The summed E-state index contributed by atoms with van der Waals surface area (Å²) in [5.41, 5.74) is 1.02. The predicted molar refractivity (Wildman–Crippen MR) is 53.3 cm³/mol. The Bertz CT molecular complexity index is 383. The normalized spacial score (nSPS) is 9.20. The standard InChI is InChI=1S/C5H7N3O2.C3H4N2/c1-3-5(8(9)10)4(2)7-6-3;1-2-4-5-3-1/h1-2H3,(H,6,7);1-3H,(H,4,5). The van der Waals surface area contributed by atoms with E-state index in [4.69, 9.17) is 0 Å². The molecule has 0 aliphatic rings. The molecular formula is C8H11N5O2. The molecule has 0 saturated carbocycles. The zero-order valence-electron chi connectivity index (χ0n) is 8.39. The van der Waals surface area contributed by atoms with E-state index in [1.54, 1.807) is 26.2 Å². The molecule has 2 aromatic heterocycles. The van der Waals surface area contributed by atoms with Crippen molar-refractivity contribution in [2.24, 2.45) is 0 Å². The van der Waals surface area contributed by atoms with Gasteiger partial charge in [0.2, 0.25) is 0 Å². The lowest BCUT2D eigenvalue weighted by atomic mass is 10.3. The van der Waals surface area contributed by atoms with Crippen molar-refractivity contribution in [3.63, 3.8) is 0 Å². The van der Waals surface area contributed by atoms with Crippen LogP contribution < -0.4 is 0 Å². The maximum absolute atomic E-state index is 10.2. The van der Waals surface area contributed by atoms with E-state index in [0.29, 0.717) is 11.4 Å². The van der Waals surface area contributed by atoms with Gasteiger partial charge in [0.05, 0.1) is 4.92 Å². The van der Waals surface area contributed by atoms with Crippen molar-refractivity contribution >= 4 is 5.69 Å². The van der Waals surface area contributed by atoms with Gasteiger partial charge in [-0.1, -0.05) is 0 Å². The van der Waals surface area contributed by atoms with E-state index < -0.39 is 4.92 Å². The monoisotopic (exact) mass is 209 g/mol. The molecular weight excluding hydrogens is 198 g/mol. The number of aromatic amines is 2. The fraction of sp³-hybridized carbons (Fsp3) is 0.250. The van der Waals surface area contributed by atoms with Gasteiger partial charge in [0.15, 0.2) is 0 Å². The second kappa shape index (κ2) is 4.89. The fourth-order valence-corrected chi connectivity index (χ4v) is 1.03. The molecule has 0 saturated heterocycles. The first-order chi connectivity index (χ1) is 7.13. The van der Waals surface area contributed by atoms with Crippen LogP contribution in [-0.2, 0) is 0 Å². The van der Waals surface area contributed by atoms with Crippen LogP contribution in [0.5, 0.6) is 0 Å². The van der Waals surface area contributed by atoms with Crippen LogP contribution in [-0.4, -0.2) is 25.3 Å². The first-order valence-corrected chi connectivity index (χ1v) is 4.22. The third-order valence-electron chi connectivity index (χ3n) is 1.68. The Morgan fingerprint density at radius 3 is 2.40 bits per heavy atom. The number of nitrogens with zero attached hydrogens (tertiary/aromatic N) is 3. The summed E-state index contributed by atoms with van der Waals surface area (Å²) in [5, 5.41) is 22.7. The van der Waals surface area contributed by atoms with Crippen molar-refractivity contribution in [1.82, 2.24) is 20.4 Å². The van der Waals surface area contributed by atoms with Gasteiger partial charge in [-0.05, 0) is 19.9 Å². The van der Waals surface area contributed by atoms with Crippen LogP contribution in [0, 0.1) is 24.0 Å². The fourth-order valence-electron chi connectivity index (χ4n) is 1.03. The molecule has 0 spiro atoms. The Kier molecular flexibility index (Phi) is 3.55. The van der Waals surface area contributed by atoms with Crippen LogP contribution >= 0.6 is 0 Å². The molecule has 2 N–H and O–H groups in total. The molecule has 0 fully saturated rings. The quantitative estimate of drug-likeness (QED) is 0.546. The molecule has 0 unspecified atom stereocenters. The average Bonchev–Trinajstić information content (AvgIpc) is 2.78. The molecule has 2 heterocycles. The van der Waals surface area contributed by atoms with E-state index in [-0.39, 0.29) is 5.69 Å². The molecule has 7 nitrogen and oxygen atoms in total. The minimum absolute atomic E-state index is 0.0833. The molecule has 80 valence electrons. The molecule has 0 aromatic carbocycles. The number of nitrogens with one attached hydrogen (secondary N) is 2. The van der Waals surface area contributed by atoms with Crippen LogP contribution in [0.2, 0.25) is 0 Å². The highest BCUT2D eigenvalue weighted by Gasteiger charge is 2.16. The van der Waals surface area contributed by atoms with E-state index >= 15 is 0 Å². The summed E-state index contributed by atoms with van der Waals surface area (Å²) in [6.07, 6.45) is 3.46. The Hall–Kier alpha value is -2.18. The largest absolute Gasteiger partial charge is 0.312 e. The number of hydrogen-bond acceptors (Lipinski definition) is 4. The molecule has 0 aliphatic heterocycles. The number of rotatable bonds is 1. The maximum atomic E-state index is 10.2. The molecule has 15 heavy (non-hydrogen) atoms. The van der Waals surface area contributed by atoms with Crippen molar-refractivity contribution in [3.8, 4) is 0 Å². The maximum Gasteiger partial charge on any atom is 0.312 e. The average molecular weight is 209 g/mol. The van der Waals surface area contributed by atoms with E-state index in [0.717, 1.165) is 0 Å². The van der Waals surface area contributed by atoms with Crippen LogP contribution in [0.3, 0.4) is 0 Å². The zero-order valence-corrected chi connectivity index (χ0v) is 8.39. The van der Waals surface area contributed by atoms with Crippen molar-refractivity contribution in [1.29, 1.82) is 0 Å². The van der Waals surface area contributed by atoms with Crippen LogP contribution in [0.1, 0.15) is 11.4 Å². The minimum atomic E-state index is -0.436. The second-order valence-electron chi connectivity index (χ2n) is 2.81. The van der Waals surface area contributed by atoms with Gasteiger partial charge in [-0.2, -0.15) is 10.2 Å². The highest BCUT2D eigenvalue weighted by Crippen LogP contribution is 2.17. The smallest absolute Gasteiger partial charge is 0.286 e. The van der Waals surface area contributed by atoms with Crippen molar-refractivity contribution in [2.75, 3.05) is 0 Å². The molecule has 0 atom stereocenters. The number of aromatic nitrogens is 4. The van der Waals surface area contributed by atoms with Gasteiger partial charge in [-0.25, -0.2) is 0 Å². The number of hydrogen-bond donors (Lipinski definition) is 2. The Balaban J connectivity index is 0.000000187. The summed E-state index contributed by atoms with van der Waals surface area (Å²) < 4.78 is 0. The molecule has 2 aromatic rings. The van der Waals surface area contributed by atoms with E-state index in [1.807, 2.05) is 6.07 Å².